The Bertz CT molecular complexity index is 828. The largest absolute Gasteiger partial charge is 0.326 e. The SMILES string of the molecule is CC(=O)Nc1ccc2c(c1)C1Cc3ccccc3C1N2C(C)=O. The van der Waals surface area contributed by atoms with Crippen molar-refractivity contribution in [1.82, 2.24) is 0 Å². The number of fused-ring (bicyclic) bond motifs is 5. The van der Waals surface area contributed by atoms with Gasteiger partial charge in [-0.2, -0.15) is 0 Å². The summed E-state index contributed by atoms with van der Waals surface area (Å²) in [6, 6.07) is 14.2. The zero-order chi connectivity index (χ0) is 16.1. The quantitative estimate of drug-likeness (QED) is 0.878. The Morgan fingerprint density at radius 3 is 2.61 bits per heavy atom. The van der Waals surface area contributed by atoms with Crippen LogP contribution < -0.4 is 10.2 Å². The molecule has 4 heteroatoms. The molecule has 2 aromatic rings. The molecule has 0 saturated carbocycles. The van der Waals surface area contributed by atoms with E-state index in [0.717, 1.165) is 23.4 Å². The van der Waals surface area contributed by atoms with Crippen molar-refractivity contribution in [3.63, 3.8) is 0 Å². The number of carbonyl (C=O) groups is 2. The highest BCUT2D eigenvalue weighted by Gasteiger charge is 2.46. The molecule has 1 N–H and O–H groups in total. The average molecular weight is 306 g/mol. The van der Waals surface area contributed by atoms with E-state index in [2.05, 4.69) is 17.4 Å². The van der Waals surface area contributed by atoms with E-state index in [4.69, 9.17) is 0 Å². The molecule has 0 aromatic heterocycles. The molecular weight excluding hydrogens is 288 g/mol. The molecule has 4 nitrogen and oxygen atoms in total. The van der Waals surface area contributed by atoms with Gasteiger partial charge in [0, 0.05) is 31.1 Å². The van der Waals surface area contributed by atoms with Gasteiger partial charge in [0.25, 0.3) is 0 Å². The first kappa shape index (κ1) is 14.0. The number of carbonyl (C=O) groups excluding carboxylic acids is 2. The van der Waals surface area contributed by atoms with Crippen LogP contribution in [0.1, 0.15) is 42.5 Å². The molecule has 2 atom stereocenters. The Balaban J connectivity index is 1.84. The second kappa shape index (κ2) is 4.95. The number of hydrogen-bond donors (Lipinski definition) is 1. The maximum absolute atomic E-state index is 12.3. The lowest BCUT2D eigenvalue weighted by molar-refractivity contribution is -0.117. The molecule has 23 heavy (non-hydrogen) atoms. The zero-order valence-corrected chi connectivity index (χ0v) is 13.2. The topological polar surface area (TPSA) is 49.4 Å². The van der Waals surface area contributed by atoms with Crippen molar-refractivity contribution in [3.8, 4) is 0 Å². The predicted octanol–water partition coefficient (Wildman–Crippen LogP) is 3.39. The van der Waals surface area contributed by atoms with E-state index in [1.54, 1.807) is 6.92 Å². The molecule has 2 amide bonds. The normalized spacial score (nSPS) is 20.7. The van der Waals surface area contributed by atoms with Crippen LogP contribution in [0.5, 0.6) is 0 Å². The molecule has 0 bridgehead atoms. The Hall–Kier alpha value is -2.62. The molecular formula is C19H18N2O2. The highest BCUT2D eigenvalue weighted by atomic mass is 16.2. The third-order valence-electron chi connectivity index (χ3n) is 4.82. The number of anilines is 2. The van der Waals surface area contributed by atoms with Crippen molar-refractivity contribution in [1.29, 1.82) is 0 Å². The minimum absolute atomic E-state index is 0.0581. The van der Waals surface area contributed by atoms with E-state index in [-0.39, 0.29) is 23.8 Å². The van der Waals surface area contributed by atoms with Crippen LogP contribution in [0.25, 0.3) is 0 Å². The van der Waals surface area contributed by atoms with Crippen LogP contribution in [0.3, 0.4) is 0 Å². The van der Waals surface area contributed by atoms with Gasteiger partial charge in [0.05, 0.1) is 6.04 Å². The van der Waals surface area contributed by atoms with Gasteiger partial charge >= 0.3 is 0 Å². The summed E-state index contributed by atoms with van der Waals surface area (Å²) in [4.78, 5) is 25.5. The standard InChI is InChI=1S/C19H18N2O2/c1-11(22)20-14-7-8-18-16(10-14)17-9-13-5-3-4-6-15(13)19(17)21(18)12(2)23/h3-8,10,17,19H,9H2,1-2H3,(H,20,22). The summed E-state index contributed by atoms with van der Waals surface area (Å²) in [5, 5.41) is 2.84. The van der Waals surface area contributed by atoms with Gasteiger partial charge in [-0.1, -0.05) is 24.3 Å². The molecule has 1 aliphatic heterocycles. The van der Waals surface area contributed by atoms with E-state index in [0.29, 0.717) is 0 Å². The van der Waals surface area contributed by atoms with Crippen LogP contribution in [-0.2, 0) is 16.0 Å². The molecule has 2 aromatic carbocycles. The fourth-order valence-corrected chi connectivity index (χ4v) is 4.04. The fraction of sp³-hybridized carbons (Fsp3) is 0.263. The van der Waals surface area contributed by atoms with Crippen LogP contribution in [0, 0.1) is 0 Å². The fourth-order valence-electron chi connectivity index (χ4n) is 4.04. The van der Waals surface area contributed by atoms with E-state index in [1.807, 2.05) is 35.2 Å². The van der Waals surface area contributed by atoms with E-state index >= 15 is 0 Å². The summed E-state index contributed by atoms with van der Waals surface area (Å²) in [5.41, 5.74) is 5.45. The Morgan fingerprint density at radius 1 is 1.09 bits per heavy atom. The zero-order valence-electron chi connectivity index (χ0n) is 13.2. The van der Waals surface area contributed by atoms with Gasteiger partial charge in [0.1, 0.15) is 0 Å². The first-order valence-corrected chi connectivity index (χ1v) is 7.85. The van der Waals surface area contributed by atoms with Gasteiger partial charge in [0.15, 0.2) is 0 Å². The molecule has 0 spiro atoms. The minimum Gasteiger partial charge on any atom is -0.326 e. The van der Waals surface area contributed by atoms with Gasteiger partial charge in [0.2, 0.25) is 11.8 Å². The lowest BCUT2D eigenvalue weighted by atomic mass is 9.95. The van der Waals surface area contributed by atoms with Crippen molar-refractivity contribution in [2.24, 2.45) is 0 Å². The summed E-state index contributed by atoms with van der Waals surface area (Å²) < 4.78 is 0. The van der Waals surface area contributed by atoms with E-state index in [9.17, 15) is 9.59 Å². The molecule has 0 saturated heterocycles. The summed E-state index contributed by atoms with van der Waals surface area (Å²) in [7, 11) is 0. The highest BCUT2D eigenvalue weighted by Crippen LogP contribution is 2.55. The van der Waals surface area contributed by atoms with Gasteiger partial charge in [-0.25, -0.2) is 0 Å². The molecule has 4 rings (SSSR count). The number of amides is 2. The lowest BCUT2D eigenvalue weighted by Crippen LogP contribution is -2.29. The summed E-state index contributed by atoms with van der Waals surface area (Å²) in [6.45, 7) is 3.12. The Kier molecular flexibility index (Phi) is 3.01. The molecule has 116 valence electrons. The van der Waals surface area contributed by atoms with Crippen molar-refractivity contribution in [3.05, 3.63) is 59.2 Å². The molecule has 2 aliphatic rings. The third kappa shape index (κ3) is 2.05. The number of benzene rings is 2. The Labute approximate surface area is 135 Å². The summed E-state index contributed by atoms with van der Waals surface area (Å²) in [6.07, 6.45) is 0.932. The maximum Gasteiger partial charge on any atom is 0.224 e. The maximum atomic E-state index is 12.3. The van der Waals surface area contributed by atoms with Crippen molar-refractivity contribution < 1.29 is 9.59 Å². The van der Waals surface area contributed by atoms with Crippen molar-refractivity contribution in [2.45, 2.75) is 32.2 Å². The average Bonchev–Trinajstić information content (AvgIpc) is 3.01. The highest BCUT2D eigenvalue weighted by molar-refractivity contribution is 5.97. The first-order chi connectivity index (χ1) is 11.1. The molecule has 0 fully saturated rings. The van der Waals surface area contributed by atoms with E-state index in [1.165, 1.54) is 18.1 Å². The summed E-state index contributed by atoms with van der Waals surface area (Å²) in [5.74, 6) is 0.236. The smallest absolute Gasteiger partial charge is 0.224 e. The Morgan fingerprint density at radius 2 is 1.87 bits per heavy atom. The van der Waals surface area contributed by atoms with Gasteiger partial charge in [-0.3, -0.25) is 9.59 Å². The number of nitrogens with one attached hydrogen (secondary N) is 1. The van der Waals surface area contributed by atoms with Gasteiger partial charge < -0.3 is 10.2 Å². The van der Waals surface area contributed by atoms with Crippen LogP contribution >= 0.6 is 0 Å². The molecule has 0 radical (unpaired) electrons. The van der Waals surface area contributed by atoms with Gasteiger partial charge in [-0.15, -0.1) is 0 Å². The van der Waals surface area contributed by atoms with Crippen molar-refractivity contribution >= 4 is 23.2 Å². The van der Waals surface area contributed by atoms with Crippen LogP contribution in [0.15, 0.2) is 42.5 Å². The van der Waals surface area contributed by atoms with Gasteiger partial charge in [-0.05, 0) is 41.3 Å². The molecule has 1 aliphatic carbocycles. The van der Waals surface area contributed by atoms with Crippen LogP contribution in [0.2, 0.25) is 0 Å². The second-order valence-corrected chi connectivity index (χ2v) is 6.30. The second-order valence-electron chi connectivity index (χ2n) is 6.30. The predicted molar refractivity (Wildman–Crippen MR) is 89.5 cm³/mol. The molecule has 2 unspecified atom stereocenters. The lowest BCUT2D eigenvalue weighted by Gasteiger charge is -2.24. The minimum atomic E-state index is -0.0855. The first-order valence-electron chi connectivity index (χ1n) is 7.85. The molecule has 1 heterocycles. The van der Waals surface area contributed by atoms with E-state index < -0.39 is 0 Å². The monoisotopic (exact) mass is 306 g/mol. The number of rotatable bonds is 1. The number of hydrogen-bond acceptors (Lipinski definition) is 2. The third-order valence-corrected chi connectivity index (χ3v) is 4.82. The van der Waals surface area contributed by atoms with Crippen LogP contribution in [0.4, 0.5) is 11.4 Å². The number of nitrogens with zero attached hydrogens (tertiary/aromatic N) is 1. The van der Waals surface area contributed by atoms with Crippen LogP contribution in [-0.4, -0.2) is 11.8 Å². The summed E-state index contributed by atoms with van der Waals surface area (Å²) >= 11 is 0. The van der Waals surface area contributed by atoms with Crippen molar-refractivity contribution in [2.75, 3.05) is 10.2 Å².